The number of anilines is 2. The number of carbonyl (C=O) groups excluding carboxylic acids is 1. The summed E-state index contributed by atoms with van der Waals surface area (Å²) in [5.74, 6) is -0.190. The summed E-state index contributed by atoms with van der Waals surface area (Å²) < 4.78 is 3.60. The van der Waals surface area contributed by atoms with Crippen molar-refractivity contribution >= 4 is 33.9 Å². The first-order valence-electron chi connectivity index (χ1n) is 6.08. The second kappa shape index (κ2) is 6.70. The fraction of sp³-hybridized carbons (Fsp3) is 0.273. The smallest absolute Gasteiger partial charge is 0.300 e. The number of nitro groups is 1. The highest BCUT2D eigenvalue weighted by Crippen LogP contribution is 2.22. The highest BCUT2D eigenvalue weighted by atomic mass is 32.1. The van der Waals surface area contributed by atoms with Crippen LogP contribution in [0.15, 0.2) is 18.5 Å². The van der Waals surface area contributed by atoms with Crippen molar-refractivity contribution in [2.75, 3.05) is 17.2 Å². The van der Waals surface area contributed by atoms with E-state index in [1.807, 2.05) is 6.92 Å². The van der Waals surface area contributed by atoms with Crippen LogP contribution >= 0.6 is 11.5 Å². The van der Waals surface area contributed by atoms with Crippen molar-refractivity contribution in [3.63, 3.8) is 0 Å². The Morgan fingerprint density at radius 3 is 2.90 bits per heavy atom. The Bertz CT molecular complexity index is 645. The van der Waals surface area contributed by atoms with Gasteiger partial charge in [-0.1, -0.05) is 11.4 Å². The van der Waals surface area contributed by atoms with Crippen molar-refractivity contribution in [3.05, 3.63) is 34.1 Å². The second-order valence-electron chi connectivity index (χ2n) is 4.01. The van der Waals surface area contributed by atoms with Gasteiger partial charge in [-0.25, -0.2) is 4.98 Å². The summed E-state index contributed by atoms with van der Waals surface area (Å²) in [5, 5.41) is 20.5. The maximum absolute atomic E-state index is 12.1. The minimum atomic E-state index is -0.642. The molecular weight excluding hydrogens is 296 g/mol. The largest absolute Gasteiger partial charge is 0.370 e. The quantitative estimate of drug-likeness (QED) is 0.617. The molecule has 0 aliphatic carbocycles. The number of carbonyl (C=O) groups is 1. The van der Waals surface area contributed by atoms with Crippen molar-refractivity contribution in [2.24, 2.45) is 0 Å². The predicted octanol–water partition coefficient (Wildman–Crippen LogP) is 1.92. The summed E-state index contributed by atoms with van der Waals surface area (Å²) in [6.45, 7) is 2.63. The SMILES string of the molecule is CCCNc1cc(C(=O)Nc2cnns2)c([N+](=O)[O-])cn1. The van der Waals surface area contributed by atoms with Crippen molar-refractivity contribution in [3.8, 4) is 0 Å². The van der Waals surface area contributed by atoms with Gasteiger partial charge in [-0.2, -0.15) is 0 Å². The Balaban J connectivity index is 2.29. The molecule has 21 heavy (non-hydrogen) atoms. The Labute approximate surface area is 123 Å². The van der Waals surface area contributed by atoms with Crippen LogP contribution in [0, 0.1) is 10.1 Å². The van der Waals surface area contributed by atoms with Gasteiger partial charge >= 0.3 is 0 Å². The van der Waals surface area contributed by atoms with E-state index in [2.05, 4.69) is 25.2 Å². The van der Waals surface area contributed by atoms with E-state index in [1.165, 1.54) is 12.3 Å². The minimum absolute atomic E-state index is 0.0676. The maximum atomic E-state index is 12.1. The van der Waals surface area contributed by atoms with Crippen molar-refractivity contribution in [2.45, 2.75) is 13.3 Å². The summed E-state index contributed by atoms with van der Waals surface area (Å²) in [6.07, 6.45) is 3.30. The monoisotopic (exact) mass is 308 g/mol. The lowest BCUT2D eigenvalue weighted by molar-refractivity contribution is -0.385. The Hall–Kier alpha value is -2.62. The molecule has 0 atom stereocenters. The average Bonchev–Trinajstić information content (AvgIpc) is 2.97. The van der Waals surface area contributed by atoms with Crippen LogP contribution in [-0.2, 0) is 0 Å². The number of nitrogens with zero attached hydrogens (tertiary/aromatic N) is 4. The maximum Gasteiger partial charge on any atom is 0.300 e. The first-order valence-corrected chi connectivity index (χ1v) is 6.86. The first-order chi connectivity index (χ1) is 10.1. The topological polar surface area (TPSA) is 123 Å². The lowest BCUT2D eigenvalue weighted by atomic mass is 10.2. The molecule has 0 aliphatic rings. The molecule has 0 unspecified atom stereocenters. The van der Waals surface area contributed by atoms with Crippen LogP contribution in [0.3, 0.4) is 0 Å². The molecule has 2 aromatic rings. The first kappa shape index (κ1) is 14.8. The zero-order valence-electron chi connectivity index (χ0n) is 11.1. The third kappa shape index (κ3) is 3.69. The molecule has 0 radical (unpaired) electrons. The molecule has 2 N–H and O–H groups in total. The van der Waals surface area contributed by atoms with E-state index in [0.717, 1.165) is 24.2 Å². The van der Waals surface area contributed by atoms with E-state index >= 15 is 0 Å². The Kier molecular flexibility index (Phi) is 4.72. The zero-order chi connectivity index (χ0) is 15.2. The summed E-state index contributed by atoms with van der Waals surface area (Å²) >= 11 is 0.984. The molecular formula is C11H12N6O3S. The van der Waals surface area contributed by atoms with Crippen molar-refractivity contribution in [1.29, 1.82) is 0 Å². The normalized spacial score (nSPS) is 10.1. The van der Waals surface area contributed by atoms with Gasteiger partial charge in [-0.15, -0.1) is 5.10 Å². The number of nitrogens with one attached hydrogen (secondary N) is 2. The number of hydrogen-bond donors (Lipinski definition) is 2. The number of hydrogen-bond acceptors (Lipinski definition) is 8. The summed E-state index contributed by atoms with van der Waals surface area (Å²) in [7, 11) is 0. The van der Waals surface area contributed by atoms with Crippen LogP contribution in [-0.4, -0.2) is 31.9 Å². The molecule has 0 aliphatic heterocycles. The van der Waals surface area contributed by atoms with Crippen LogP contribution in [0.25, 0.3) is 0 Å². The van der Waals surface area contributed by atoms with Crippen LogP contribution in [0.4, 0.5) is 16.5 Å². The Morgan fingerprint density at radius 2 is 2.29 bits per heavy atom. The highest BCUT2D eigenvalue weighted by Gasteiger charge is 2.22. The van der Waals surface area contributed by atoms with E-state index in [9.17, 15) is 14.9 Å². The number of amides is 1. The standard InChI is InChI=1S/C11H12N6O3S/c1-2-3-12-9-4-7(8(5-13-9)17(19)20)11(18)15-10-6-14-16-21-10/h4-6H,2-3H2,1H3,(H,12,13)(H,15,18). The highest BCUT2D eigenvalue weighted by molar-refractivity contribution is 7.10. The summed E-state index contributed by atoms with van der Waals surface area (Å²) in [5.41, 5.74) is -0.422. The predicted molar refractivity (Wildman–Crippen MR) is 77.5 cm³/mol. The lowest BCUT2D eigenvalue weighted by Crippen LogP contribution is -2.14. The fourth-order valence-electron chi connectivity index (χ4n) is 1.53. The molecule has 2 rings (SSSR count). The van der Waals surface area contributed by atoms with E-state index in [-0.39, 0.29) is 11.3 Å². The van der Waals surface area contributed by atoms with E-state index in [1.54, 1.807) is 0 Å². The van der Waals surface area contributed by atoms with Crippen LogP contribution < -0.4 is 10.6 Å². The minimum Gasteiger partial charge on any atom is -0.370 e. The average molecular weight is 308 g/mol. The molecule has 0 fully saturated rings. The summed E-state index contributed by atoms with van der Waals surface area (Å²) in [4.78, 5) is 26.4. The fourth-order valence-corrected chi connectivity index (χ4v) is 1.94. The number of rotatable bonds is 6. The van der Waals surface area contributed by atoms with E-state index in [0.29, 0.717) is 17.4 Å². The van der Waals surface area contributed by atoms with Gasteiger partial charge in [0.1, 0.15) is 22.6 Å². The molecule has 0 aromatic carbocycles. The van der Waals surface area contributed by atoms with Gasteiger partial charge in [0, 0.05) is 24.1 Å². The molecule has 0 saturated carbocycles. The van der Waals surface area contributed by atoms with Crippen LogP contribution in [0.2, 0.25) is 0 Å². The molecule has 0 saturated heterocycles. The summed E-state index contributed by atoms with van der Waals surface area (Å²) in [6, 6.07) is 1.36. The van der Waals surface area contributed by atoms with Crippen LogP contribution in [0.5, 0.6) is 0 Å². The van der Waals surface area contributed by atoms with E-state index < -0.39 is 10.8 Å². The lowest BCUT2D eigenvalue weighted by Gasteiger charge is -2.07. The van der Waals surface area contributed by atoms with Gasteiger partial charge in [-0.05, 0) is 6.42 Å². The third-order valence-electron chi connectivity index (χ3n) is 2.48. The Morgan fingerprint density at radius 1 is 1.48 bits per heavy atom. The zero-order valence-corrected chi connectivity index (χ0v) is 11.9. The van der Waals surface area contributed by atoms with E-state index in [4.69, 9.17) is 0 Å². The number of pyridine rings is 1. The molecule has 2 aromatic heterocycles. The van der Waals surface area contributed by atoms with Gasteiger partial charge in [0.15, 0.2) is 0 Å². The molecule has 2 heterocycles. The molecule has 110 valence electrons. The molecule has 1 amide bonds. The molecule has 0 bridgehead atoms. The van der Waals surface area contributed by atoms with Gasteiger partial charge in [0.25, 0.3) is 11.6 Å². The second-order valence-corrected chi connectivity index (χ2v) is 4.79. The van der Waals surface area contributed by atoms with Gasteiger partial charge in [0.2, 0.25) is 0 Å². The molecule has 9 nitrogen and oxygen atoms in total. The van der Waals surface area contributed by atoms with Gasteiger partial charge in [-0.3, -0.25) is 14.9 Å². The third-order valence-corrected chi connectivity index (χ3v) is 3.06. The van der Waals surface area contributed by atoms with Crippen molar-refractivity contribution in [1.82, 2.24) is 14.6 Å². The molecule has 0 spiro atoms. The van der Waals surface area contributed by atoms with Crippen molar-refractivity contribution < 1.29 is 9.72 Å². The van der Waals surface area contributed by atoms with Gasteiger partial charge < -0.3 is 10.6 Å². The van der Waals surface area contributed by atoms with Gasteiger partial charge in [0.05, 0.1) is 11.1 Å². The van der Waals surface area contributed by atoms with Crippen LogP contribution in [0.1, 0.15) is 23.7 Å². The number of aromatic nitrogens is 3. The molecule has 10 heteroatoms.